The summed E-state index contributed by atoms with van der Waals surface area (Å²) in [5.41, 5.74) is 4.01. The fraction of sp³-hybridized carbons (Fsp3) is 0.0333. The van der Waals surface area contributed by atoms with Gasteiger partial charge in [-0.15, -0.1) is 10.2 Å². The zero-order valence-corrected chi connectivity index (χ0v) is 21.6. The second-order valence-corrected chi connectivity index (χ2v) is 9.01. The first-order valence-electron chi connectivity index (χ1n) is 12.2. The van der Waals surface area contributed by atoms with Gasteiger partial charge in [0, 0.05) is 46.5 Å². The van der Waals surface area contributed by atoms with Gasteiger partial charge in [0.05, 0.1) is 11.3 Å². The summed E-state index contributed by atoms with van der Waals surface area (Å²) in [6.45, 7) is 0. The molecule has 8 nitrogen and oxygen atoms in total. The molecule has 0 spiro atoms. The maximum Gasteiger partial charge on any atom is 0.228 e. The number of rotatable bonds is 7. The van der Waals surface area contributed by atoms with Crippen LogP contribution >= 0.6 is 11.6 Å². The number of hydrogen-bond donors (Lipinski definition) is 2. The van der Waals surface area contributed by atoms with Crippen LogP contribution in [0.25, 0.3) is 33.3 Å². The molecule has 6 rings (SSSR count). The zero-order valence-electron chi connectivity index (χ0n) is 20.8. The zero-order chi connectivity index (χ0) is 26.6. The van der Waals surface area contributed by atoms with Crippen molar-refractivity contribution in [3.05, 3.63) is 108 Å². The molecule has 39 heavy (non-hydrogen) atoms. The van der Waals surface area contributed by atoms with Gasteiger partial charge in [0.15, 0.2) is 5.82 Å². The lowest BCUT2D eigenvalue weighted by Gasteiger charge is -2.13. The van der Waals surface area contributed by atoms with Crippen molar-refractivity contribution in [1.82, 2.24) is 25.1 Å². The van der Waals surface area contributed by atoms with Crippen LogP contribution in [-0.2, 0) is 0 Å². The average Bonchev–Trinajstić information content (AvgIpc) is 2.98. The number of halogens is 1. The molecule has 0 aliphatic carbocycles. The summed E-state index contributed by atoms with van der Waals surface area (Å²) >= 11 is 6.22. The molecule has 0 aliphatic rings. The topological polar surface area (TPSA) is 97.7 Å². The molecule has 3 heterocycles. The molecular weight excluding hydrogens is 510 g/mol. The summed E-state index contributed by atoms with van der Waals surface area (Å²) in [7, 11) is 1.78. The maximum absolute atomic E-state index is 6.22. The van der Waals surface area contributed by atoms with Crippen LogP contribution in [0.4, 0.5) is 17.5 Å². The minimum Gasteiger partial charge on any atom is -0.438 e. The highest BCUT2D eigenvalue weighted by Crippen LogP contribution is 2.34. The fourth-order valence-electron chi connectivity index (χ4n) is 4.20. The molecule has 0 saturated carbocycles. The molecular formula is C30H22ClN7O. The molecule has 6 aromatic rings. The van der Waals surface area contributed by atoms with Gasteiger partial charge in [0.1, 0.15) is 11.4 Å². The van der Waals surface area contributed by atoms with Crippen LogP contribution < -0.4 is 15.4 Å². The molecule has 0 radical (unpaired) electrons. The Morgan fingerprint density at radius 2 is 1.62 bits per heavy atom. The third kappa shape index (κ3) is 5.18. The van der Waals surface area contributed by atoms with E-state index in [1.54, 1.807) is 19.4 Å². The lowest BCUT2D eigenvalue weighted by Crippen LogP contribution is -1.99. The Bertz CT molecular complexity index is 1780. The number of nitrogens with one attached hydrogen (secondary N) is 2. The van der Waals surface area contributed by atoms with Crippen molar-refractivity contribution in [2.24, 2.45) is 0 Å². The number of anilines is 3. The summed E-state index contributed by atoms with van der Waals surface area (Å²) in [5.74, 6) is 2.26. The van der Waals surface area contributed by atoms with Crippen molar-refractivity contribution in [3.63, 3.8) is 0 Å². The lowest BCUT2D eigenvalue weighted by molar-refractivity contribution is 0.465. The van der Waals surface area contributed by atoms with Gasteiger partial charge in [-0.25, -0.2) is 15.0 Å². The molecule has 0 atom stereocenters. The normalized spacial score (nSPS) is 10.8. The number of hydrogen-bond acceptors (Lipinski definition) is 8. The van der Waals surface area contributed by atoms with Crippen LogP contribution in [0.2, 0.25) is 5.02 Å². The first kappa shape index (κ1) is 24.3. The Balaban J connectivity index is 1.25. The molecule has 0 saturated heterocycles. The molecule has 0 bridgehead atoms. The fourth-order valence-corrected chi connectivity index (χ4v) is 4.39. The molecule has 0 amide bonds. The van der Waals surface area contributed by atoms with E-state index >= 15 is 0 Å². The minimum atomic E-state index is 0.451. The molecule has 190 valence electrons. The monoisotopic (exact) mass is 531 g/mol. The summed E-state index contributed by atoms with van der Waals surface area (Å²) in [5, 5.41) is 17.9. The predicted octanol–water partition coefficient (Wildman–Crippen LogP) is 7.38. The van der Waals surface area contributed by atoms with E-state index in [0.29, 0.717) is 34.1 Å². The molecule has 0 fully saturated rings. The summed E-state index contributed by atoms with van der Waals surface area (Å²) in [4.78, 5) is 13.1. The van der Waals surface area contributed by atoms with Crippen LogP contribution in [0.3, 0.4) is 0 Å². The van der Waals surface area contributed by atoms with Gasteiger partial charge in [-0.1, -0.05) is 48.0 Å². The second-order valence-electron chi connectivity index (χ2n) is 8.58. The summed E-state index contributed by atoms with van der Waals surface area (Å²) in [6.07, 6.45) is 3.38. The number of ether oxygens (including phenoxy) is 1. The maximum atomic E-state index is 6.22. The summed E-state index contributed by atoms with van der Waals surface area (Å²) in [6, 6.07) is 28.8. The Labute approximate surface area is 229 Å². The van der Waals surface area contributed by atoms with Crippen molar-refractivity contribution in [3.8, 4) is 34.1 Å². The van der Waals surface area contributed by atoms with Crippen LogP contribution in [0.1, 0.15) is 0 Å². The Morgan fingerprint density at radius 3 is 2.44 bits per heavy atom. The Hall–Kier alpha value is -5.08. The largest absolute Gasteiger partial charge is 0.438 e. The van der Waals surface area contributed by atoms with Gasteiger partial charge >= 0.3 is 0 Å². The first-order chi connectivity index (χ1) is 19.2. The molecule has 3 aromatic heterocycles. The number of nitrogens with zero attached hydrogens (tertiary/aromatic N) is 5. The third-order valence-corrected chi connectivity index (χ3v) is 6.28. The lowest BCUT2D eigenvalue weighted by atomic mass is 10.0. The molecule has 0 aliphatic heterocycles. The highest BCUT2D eigenvalue weighted by atomic mass is 35.5. The predicted molar refractivity (Wildman–Crippen MR) is 155 cm³/mol. The van der Waals surface area contributed by atoms with E-state index in [1.165, 1.54) is 0 Å². The van der Waals surface area contributed by atoms with Crippen molar-refractivity contribution < 1.29 is 4.74 Å². The molecule has 3 aromatic carbocycles. The van der Waals surface area contributed by atoms with E-state index in [1.807, 2.05) is 91.0 Å². The SMILES string of the molecule is CNc1nccc(-c2cccnc2Oc2ccc(Nc3nnc(-c4cccc(Cl)c4)c4ccccc34)cc2)n1. The number of aromatic nitrogens is 5. The van der Waals surface area contributed by atoms with Gasteiger partial charge in [-0.2, -0.15) is 0 Å². The third-order valence-electron chi connectivity index (χ3n) is 6.04. The van der Waals surface area contributed by atoms with E-state index < -0.39 is 0 Å². The van der Waals surface area contributed by atoms with E-state index in [0.717, 1.165) is 33.3 Å². The van der Waals surface area contributed by atoms with Crippen LogP contribution in [0.15, 0.2) is 103 Å². The Morgan fingerprint density at radius 1 is 0.769 bits per heavy atom. The molecule has 9 heteroatoms. The van der Waals surface area contributed by atoms with Gasteiger partial charge < -0.3 is 15.4 Å². The molecule has 2 N–H and O–H groups in total. The second kappa shape index (κ2) is 10.7. The van der Waals surface area contributed by atoms with Crippen LogP contribution in [0, 0.1) is 0 Å². The van der Waals surface area contributed by atoms with Crippen molar-refractivity contribution in [1.29, 1.82) is 0 Å². The standard InChI is InChI=1S/C30H22ClN7O/c1-32-30-34-17-15-26(36-30)25-10-5-16-33-29(25)39-22-13-11-21(12-14-22)35-28-24-9-3-2-8-23(24)27(37-38-28)19-6-4-7-20(31)18-19/h2-18H,1H3,(H,35,38)(H,32,34,36). The van der Waals surface area contributed by atoms with Gasteiger partial charge in [0.2, 0.25) is 11.8 Å². The van der Waals surface area contributed by atoms with E-state index in [-0.39, 0.29) is 0 Å². The average molecular weight is 532 g/mol. The van der Waals surface area contributed by atoms with E-state index in [9.17, 15) is 0 Å². The highest BCUT2D eigenvalue weighted by Gasteiger charge is 2.13. The molecule has 0 unspecified atom stereocenters. The van der Waals surface area contributed by atoms with Gasteiger partial charge in [-0.3, -0.25) is 0 Å². The highest BCUT2D eigenvalue weighted by molar-refractivity contribution is 6.30. The smallest absolute Gasteiger partial charge is 0.228 e. The van der Waals surface area contributed by atoms with Gasteiger partial charge in [-0.05, 0) is 54.6 Å². The number of fused-ring (bicyclic) bond motifs is 1. The minimum absolute atomic E-state index is 0.451. The van der Waals surface area contributed by atoms with E-state index in [4.69, 9.17) is 16.3 Å². The summed E-state index contributed by atoms with van der Waals surface area (Å²) < 4.78 is 6.13. The van der Waals surface area contributed by atoms with Crippen LogP contribution in [-0.4, -0.2) is 32.2 Å². The van der Waals surface area contributed by atoms with Crippen molar-refractivity contribution >= 4 is 39.8 Å². The quantitative estimate of drug-likeness (QED) is 0.220. The van der Waals surface area contributed by atoms with Crippen LogP contribution in [0.5, 0.6) is 11.6 Å². The Kier molecular flexibility index (Phi) is 6.67. The van der Waals surface area contributed by atoms with Crippen molar-refractivity contribution in [2.75, 3.05) is 17.7 Å². The number of pyridine rings is 1. The van der Waals surface area contributed by atoms with Crippen molar-refractivity contribution in [2.45, 2.75) is 0 Å². The first-order valence-corrected chi connectivity index (χ1v) is 12.6. The van der Waals surface area contributed by atoms with E-state index in [2.05, 4.69) is 35.8 Å². The number of benzene rings is 3. The van der Waals surface area contributed by atoms with Gasteiger partial charge in [0.25, 0.3) is 0 Å².